The van der Waals surface area contributed by atoms with Crippen LogP contribution in [0.15, 0.2) is 40.9 Å². The minimum Gasteiger partial charge on any atom is -0.493 e. The van der Waals surface area contributed by atoms with Gasteiger partial charge < -0.3 is 19.1 Å². The van der Waals surface area contributed by atoms with Gasteiger partial charge in [0.15, 0.2) is 5.58 Å². The molecule has 1 N–H and O–H groups in total. The third kappa shape index (κ3) is 4.93. The number of fused-ring (bicyclic) bond motifs is 1. The molecule has 0 bridgehead atoms. The molecule has 1 atom stereocenters. The van der Waals surface area contributed by atoms with Gasteiger partial charge in [0.05, 0.1) is 24.8 Å². The summed E-state index contributed by atoms with van der Waals surface area (Å²) in [6, 6.07) is 11.2. The summed E-state index contributed by atoms with van der Waals surface area (Å²) < 4.78 is 17.4. The van der Waals surface area contributed by atoms with Gasteiger partial charge in [0, 0.05) is 17.4 Å². The summed E-state index contributed by atoms with van der Waals surface area (Å²) in [5.74, 6) is 0.200. The number of carboxylic acid groups (broad SMARTS) is 1. The molecule has 30 heavy (non-hydrogen) atoms. The minimum atomic E-state index is -0.835. The normalized spacial score (nSPS) is 12.1. The second-order valence-corrected chi connectivity index (χ2v) is 7.33. The molecule has 0 amide bonds. The van der Waals surface area contributed by atoms with Crippen molar-refractivity contribution in [3.05, 3.63) is 53.2 Å². The van der Waals surface area contributed by atoms with Crippen LogP contribution in [0.2, 0.25) is 0 Å². The first-order valence-electron chi connectivity index (χ1n) is 10.5. The zero-order valence-electron chi connectivity index (χ0n) is 17.8. The predicted molar refractivity (Wildman–Crippen MR) is 115 cm³/mol. The molecule has 0 radical (unpaired) electrons. The number of ether oxygens (including phenoxy) is 2. The molecule has 0 saturated heterocycles. The van der Waals surface area contributed by atoms with Crippen molar-refractivity contribution in [2.45, 2.75) is 52.4 Å². The van der Waals surface area contributed by atoms with Gasteiger partial charge in [-0.25, -0.2) is 0 Å². The fourth-order valence-corrected chi connectivity index (χ4v) is 3.39. The lowest BCUT2D eigenvalue weighted by atomic mass is 10.0. The van der Waals surface area contributed by atoms with E-state index in [9.17, 15) is 4.79 Å². The van der Waals surface area contributed by atoms with Crippen molar-refractivity contribution in [3.63, 3.8) is 0 Å². The number of aryl methyl sites for hydroxylation is 2. The van der Waals surface area contributed by atoms with E-state index in [-0.39, 0.29) is 0 Å². The van der Waals surface area contributed by atoms with Gasteiger partial charge in [0.1, 0.15) is 11.5 Å². The largest absolute Gasteiger partial charge is 0.493 e. The van der Waals surface area contributed by atoms with Crippen LogP contribution in [0, 0.1) is 0 Å². The van der Waals surface area contributed by atoms with Crippen LogP contribution < -0.4 is 9.47 Å². The second kappa shape index (κ2) is 10.1. The van der Waals surface area contributed by atoms with Gasteiger partial charge in [-0.15, -0.1) is 0 Å². The van der Waals surface area contributed by atoms with E-state index >= 15 is 0 Å². The van der Waals surface area contributed by atoms with Crippen molar-refractivity contribution >= 4 is 16.9 Å². The van der Waals surface area contributed by atoms with Crippen LogP contribution in [-0.4, -0.2) is 29.4 Å². The molecular formula is C24H29NO5. The topological polar surface area (TPSA) is 81.8 Å². The first kappa shape index (κ1) is 21.7. The molecule has 2 aromatic carbocycles. The van der Waals surface area contributed by atoms with E-state index in [1.165, 1.54) is 0 Å². The lowest BCUT2D eigenvalue weighted by Crippen LogP contribution is -2.08. The van der Waals surface area contributed by atoms with Crippen molar-refractivity contribution in [1.82, 2.24) is 5.16 Å². The number of hydrogen-bond donors (Lipinski definition) is 1. The van der Waals surface area contributed by atoms with Crippen LogP contribution in [0.3, 0.4) is 0 Å². The highest BCUT2D eigenvalue weighted by molar-refractivity contribution is 5.84. The standard InChI is InChI=1S/C24H29NO5/c1-4-7-20-22(13-12-19-21(5-2)25-30-23(19)20)29-15-6-14-28-18-10-8-17(9-11-18)16(3)24(26)27/h8-13,16H,4-7,14-15H2,1-3H3,(H,26,27). The fourth-order valence-electron chi connectivity index (χ4n) is 3.39. The Kier molecular flexibility index (Phi) is 7.33. The summed E-state index contributed by atoms with van der Waals surface area (Å²) in [6.45, 7) is 6.92. The van der Waals surface area contributed by atoms with E-state index in [0.29, 0.717) is 13.2 Å². The Morgan fingerprint density at radius 3 is 2.50 bits per heavy atom. The Morgan fingerprint density at radius 2 is 1.83 bits per heavy atom. The number of rotatable bonds is 11. The molecular weight excluding hydrogens is 382 g/mol. The van der Waals surface area contributed by atoms with Crippen molar-refractivity contribution in [3.8, 4) is 11.5 Å². The summed E-state index contributed by atoms with van der Waals surface area (Å²) in [5.41, 5.74) is 3.64. The molecule has 0 saturated carbocycles. The Hall–Kier alpha value is -3.02. The summed E-state index contributed by atoms with van der Waals surface area (Å²) in [7, 11) is 0. The van der Waals surface area contributed by atoms with Gasteiger partial charge in [0.2, 0.25) is 0 Å². The summed E-state index contributed by atoms with van der Waals surface area (Å²) in [6.07, 6.45) is 3.44. The van der Waals surface area contributed by atoms with Gasteiger partial charge in [-0.2, -0.15) is 0 Å². The SMILES string of the molecule is CCCc1c(OCCCOc2ccc(C(C)C(=O)O)cc2)ccc2c(CC)noc12. The second-order valence-electron chi connectivity index (χ2n) is 7.33. The van der Waals surface area contributed by atoms with Crippen LogP contribution in [-0.2, 0) is 17.6 Å². The first-order valence-corrected chi connectivity index (χ1v) is 10.5. The highest BCUT2D eigenvalue weighted by Crippen LogP contribution is 2.31. The number of aliphatic carboxylic acids is 1. The highest BCUT2D eigenvalue weighted by Gasteiger charge is 2.16. The Morgan fingerprint density at radius 1 is 1.10 bits per heavy atom. The molecule has 6 heteroatoms. The number of carboxylic acids is 1. The molecule has 0 aliphatic heterocycles. The molecule has 0 fully saturated rings. The van der Waals surface area contributed by atoms with E-state index in [4.69, 9.17) is 19.1 Å². The van der Waals surface area contributed by atoms with Crippen molar-refractivity contribution < 1.29 is 23.9 Å². The van der Waals surface area contributed by atoms with E-state index in [1.54, 1.807) is 31.2 Å². The summed E-state index contributed by atoms with van der Waals surface area (Å²) >= 11 is 0. The Bertz CT molecular complexity index is 977. The van der Waals surface area contributed by atoms with Crippen molar-refractivity contribution in [2.75, 3.05) is 13.2 Å². The lowest BCUT2D eigenvalue weighted by molar-refractivity contribution is -0.138. The molecule has 160 valence electrons. The molecule has 0 spiro atoms. The minimum absolute atomic E-state index is 0.515. The van der Waals surface area contributed by atoms with Crippen LogP contribution in [0.5, 0.6) is 11.5 Å². The molecule has 1 aromatic heterocycles. The van der Waals surface area contributed by atoms with E-state index in [1.807, 2.05) is 12.1 Å². The first-order chi connectivity index (χ1) is 14.5. The van der Waals surface area contributed by atoms with Gasteiger partial charge >= 0.3 is 5.97 Å². The van der Waals surface area contributed by atoms with Gasteiger partial charge in [-0.1, -0.05) is 37.6 Å². The van der Waals surface area contributed by atoms with Crippen molar-refractivity contribution in [2.24, 2.45) is 0 Å². The number of nitrogens with zero attached hydrogens (tertiary/aromatic N) is 1. The smallest absolute Gasteiger partial charge is 0.310 e. The van der Waals surface area contributed by atoms with E-state index in [0.717, 1.165) is 65.0 Å². The third-order valence-corrected chi connectivity index (χ3v) is 5.18. The molecule has 1 unspecified atom stereocenters. The number of benzene rings is 2. The molecule has 3 rings (SSSR count). The quantitative estimate of drug-likeness (QED) is 0.427. The van der Waals surface area contributed by atoms with Gasteiger partial charge in [-0.05, 0) is 49.6 Å². The third-order valence-electron chi connectivity index (χ3n) is 5.18. The van der Waals surface area contributed by atoms with Crippen molar-refractivity contribution in [1.29, 1.82) is 0 Å². The summed E-state index contributed by atoms with van der Waals surface area (Å²) in [4.78, 5) is 11.0. The number of aromatic nitrogens is 1. The molecule has 3 aromatic rings. The average molecular weight is 411 g/mol. The van der Waals surface area contributed by atoms with Gasteiger partial charge in [-0.3, -0.25) is 4.79 Å². The average Bonchev–Trinajstić information content (AvgIpc) is 3.18. The Balaban J connectivity index is 1.53. The van der Waals surface area contributed by atoms with E-state index < -0.39 is 11.9 Å². The zero-order chi connectivity index (χ0) is 21.5. The number of hydrogen-bond acceptors (Lipinski definition) is 5. The molecule has 0 aliphatic rings. The predicted octanol–water partition coefficient (Wildman–Crippen LogP) is 5.38. The summed E-state index contributed by atoms with van der Waals surface area (Å²) in [5, 5.41) is 14.3. The molecule has 1 heterocycles. The number of carbonyl (C=O) groups is 1. The zero-order valence-corrected chi connectivity index (χ0v) is 17.8. The van der Waals surface area contributed by atoms with Crippen LogP contribution in [0.1, 0.15) is 56.4 Å². The monoisotopic (exact) mass is 411 g/mol. The maximum Gasteiger partial charge on any atom is 0.310 e. The maximum absolute atomic E-state index is 11.0. The highest BCUT2D eigenvalue weighted by atomic mass is 16.5. The molecule has 6 nitrogen and oxygen atoms in total. The molecule has 0 aliphatic carbocycles. The Labute approximate surface area is 176 Å². The fraction of sp³-hybridized carbons (Fsp3) is 0.417. The van der Waals surface area contributed by atoms with Crippen LogP contribution in [0.25, 0.3) is 11.0 Å². The maximum atomic E-state index is 11.0. The lowest BCUT2D eigenvalue weighted by Gasteiger charge is -2.12. The van der Waals surface area contributed by atoms with Crippen LogP contribution in [0.4, 0.5) is 0 Å². The van der Waals surface area contributed by atoms with Crippen LogP contribution >= 0.6 is 0 Å². The van der Waals surface area contributed by atoms with E-state index in [2.05, 4.69) is 19.0 Å². The van der Waals surface area contributed by atoms with Gasteiger partial charge in [0.25, 0.3) is 0 Å².